The van der Waals surface area contributed by atoms with Crippen molar-refractivity contribution < 1.29 is 5.21 Å². The molecule has 3 N–H and O–H groups in total. The maximum atomic E-state index is 8.86. The Bertz CT molecular complexity index is 627. The van der Waals surface area contributed by atoms with Crippen LogP contribution in [0.15, 0.2) is 41.7 Å². The molecule has 0 spiro atoms. The van der Waals surface area contributed by atoms with Crippen molar-refractivity contribution in [2.75, 3.05) is 5.73 Å². The predicted octanol–water partition coefficient (Wildman–Crippen LogP) is 2.33. The fourth-order valence-electron chi connectivity index (χ4n) is 2.87. The molecule has 2 unspecified atom stereocenters. The average Bonchev–Trinajstić information content (AvgIpc) is 2.48. The molecule has 1 aromatic heterocycles. The van der Waals surface area contributed by atoms with Crippen LogP contribution in [-0.4, -0.2) is 21.4 Å². The Balaban J connectivity index is 1.99. The normalized spacial score (nSPS) is 21.8. The van der Waals surface area contributed by atoms with Gasteiger partial charge in [-0.1, -0.05) is 30.3 Å². The molecule has 2 aromatic rings. The summed E-state index contributed by atoms with van der Waals surface area (Å²) in [5.74, 6) is 0.660. The van der Waals surface area contributed by atoms with Crippen LogP contribution >= 0.6 is 0 Å². The van der Waals surface area contributed by atoms with Crippen molar-refractivity contribution in [1.29, 1.82) is 0 Å². The minimum absolute atomic E-state index is 0.0227. The van der Waals surface area contributed by atoms with Crippen LogP contribution in [0.1, 0.15) is 35.1 Å². The van der Waals surface area contributed by atoms with Crippen molar-refractivity contribution >= 4 is 12.2 Å². The van der Waals surface area contributed by atoms with Gasteiger partial charge in [-0.15, -0.1) is 5.16 Å². The van der Waals surface area contributed by atoms with E-state index in [0.717, 1.165) is 24.1 Å². The Morgan fingerprint density at radius 1 is 1.30 bits per heavy atom. The first kappa shape index (κ1) is 12.6. The first-order valence-electron chi connectivity index (χ1n) is 6.61. The summed E-state index contributed by atoms with van der Waals surface area (Å²) in [7, 11) is 0. The second kappa shape index (κ2) is 5.28. The molecular weight excluding hydrogens is 252 g/mol. The SMILES string of the molecule is Nc1ncc2c(n1)CC(c1ccccc1)CC2C=NO. The Hall–Kier alpha value is -2.43. The predicted molar refractivity (Wildman–Crippen MR) is 77.0 cm³/mol. The van der Waals surface area contributed by atoms with Gasteiger partial charge in [-0.05, 0) is 24.3 Å². The molecular formula is C15H16N4O. The van der Waals surface area contributed by atoms with Crippen molar-refractivity contribution in [2.24, 2.45) is 5.16 Å². The van der Waals surface area contributed by atoms with Gasteiger partial charge in [-0.2, -0.15) is 0 Å². The molecule has 2 atom stereocenters. The molecule has 0 aliphatic heterocycles. The van der Waals surface area contributed by atoms with Gasteiger partial charge in [0.05, 0.1) is 11.9 Å². The van der Waals surface area contributed by atoms with Gasteiger partial charge in [0.1, 0.15) is 0 Å². The second-order valence-corrected chi connectivity index (χ2v) is 5.05. The zero-order valence-electron chi connectivity index (χ0n) is 11.0. The number of hydrogen-bond donors (Lipinski definition) is 2. The third-order valence-corrected chi connectivity index (χ3v) is 3.81. The lowest BCUT2D eigenvalue weighted by molar-refractivity contribution is 0.318. The van der Waals surface area contributed by atoms with E-state index in [4.69, 9.17) is 10.9 Å². The standard InChI is InChI=1S/C15H16N4O/c16-15-17-9-13-12(8-18-20)6-11(7-14(13)19-15)10-4-2-1-3-5-10/h1-5,8-9,11-12,20H,6-7H2,(H2,16,17,19). The van der Waals surface area contributed by atoms with Crippen LogP contribution in [-0.2, 0) is 6.42 Å². The molecule has 1 aliphatic rings. The van der Waals surface area contributed by atoms with E-state index in [1.54, 1.807) is 12.4 Å². The summed E-state index contributed by atoms with van der Waals surface area (Å²) in [6.07, 6.45) is 5.01. The van der Waals surface area contributed by atoms with Gasteiger partial charge in [0.25, 0.3) is 0 Å². The number of benzene rings is 1. The van der Waals surface area contributed by atoms with Gasteiger partial charge in [0.2, 0.25) is 5.95 Å². The maximum absolute atomic E-state index is 8.86. The highest BCUT2D eigenvalue weighted by atomic mass is 16.4. The lowest BCUT2D eigenvalue weighted by atomic mass is 9.77. The van der Waals surface area contributed by atoms with Crippen LogP contribution in [0.2, 0.25) is 0 Å². The van der Waals surface area contributed by atoms with Crippen LogP contribution in [0.3, 0.4) is 0 Å². The molecule has 20 heavy (non-hydrogen) atoms. The molecule has 0 fully saturated rings. The summed E-state index contributed by atoms with van der Waals surface area (Å²) >= 11 is 0. The minimum atomic E-state index is 0.0227. The van der Waals surface area contributed by atoms with Crippen LogP contribution in [0.4, 0.5) is 5.95 Å². The zero-order valence-corrected chi connectivity index (χ0v) is 11.0. The van der Waals surface area contributed by atoms with Gasteiger partial charge >= 0.3 is 0 Å². The number of aromatic nitrogens is 2. The van der Waals surface area contributed by atoms with Crippen LogP contribution in [0.5, 0.6) is 0 Å². The fraction of sp³-hybridized carbons (Fsp3) is 0.267. The summed E-state index contributed by atoms with van der Waals surface area (Å²) in [5.41, 5.74) is 8.90. The molecule has 1 aliphatic carbocycles. The molecule has 0 saturated heterocycles. The monoisotopic (exact) mass is 268 g/mol. The number of nitrogen functional groups attached to an aromatic ring is 1. The number of fused-ring (bicyclic) bond motifs is 1. The Kier molecular flexibility index (Phi) is 3.33. The van der Waals surface area contributed by atoms with E-state index in [-0.39, 0.29) is 11.9 Å². The third kappa shape index (κ3) is 2.34. The summed E-state index contributed by atoms with van der Waals surface area (Å²) in [4.78, 5) is 8.39. The van der Waals surface area contributed by atoms with Crippen molar-refractivity contribution in [3.05, 3.63) is 53.3 Å². The van der Waals surface area contributed by atoms with E-state index in [2.05, 4.69) is 27.3 Å². The Labute approximate surface area is 117 Å². The molecule has 0 radical (unpaired) electrons. The number of anilines is 1. The number of nitrogens with two attached hydrogens (primary N) is 1. The number of oxime groups is 1. The highest BCUT2D eigenvalue weighted by Crippen LogP contribution is 2.38. The molecule has 102 valence electrons. The summed E-state index contributed by atoms with van der Waals surface area (Å²) in [6, 6.07) is 10.3. The zero-order chi connectivity index (χ0) is 13.9. The number of hydrogen-bond acceptors (Lipinski definition) is 5. The smallest absolute Gasteiger partial charge is 0.220 e. The van der Waals surface area contributed by atoms with Gasteiger partial charge < -0.3 is 10.9 Å². The average molecular weight is 268 g/mol. The van der Waals surface area contributed by atoms with Crippen molar-refractivity contribution in [3.63, 3.8) is 0 Å². The summed E-state index contributed by atoms with van der Waals surface area (Å²) in [5, 5.41) is 12.1. The molecule has 1 aromatic carbocycles. The van der Waals surface area contributed by atoms with E-state index in [0.29, 0.717) is 5.92 Å². The highest BCUT2D eigenvalue weighted by Gasteiger charge is 2.28. The van der Waals surface area contributed by atoms with E-state index in [1.165, 1.54) is 5.56 Å². The first-order chi connectivity index (χ1) is 9.78. The fourth-order valence-corrected chi connectivity index (χ4v) is 2.87. The van der Waals surface area contributed by atoms with Crippen molar-refractivity contribution in [3.8, 4) is 0 Å². The first-order valence-corrected chi connectivity index (χ1v) is 6.61. The summed E-state index contributed by atoms with van der Waals surface area (Å²) in [6.45, 7) is 0. The second-order valence-electron chi connectivity index (χ2n) is 5.05. The van der Waals surface area contributed by atoms with Gasteiger partial charge in [0.15, 0.2) is 0 Å². The van der Waals surface area contributed by atoms with Crippen LogP contribution in [0.25, 0.3) is 0 Å². The lowest BCUT2D eigenvalue weighted by Crippen LogP contribution is -2.21. The largest absolute Gasteiger partial charge is 0.411 e. The Morgan fingerprint density at radius 2 is 2.10 bits per heavy atom. The quantitative estimate of drug-likeness (QED) is 0.497. The Morgan fingerprint density at radius 3 is 2.85 bits per heavy atom. The number of rotatable bonds is 2. The topological polar surface area (TPSA) is 84.4 Å². The minimum Gasteiger partial charge on any atom is -0.411 e. The number of nitrogens with zero attached hydrogens (tertiary/aromatic N) is 3. The van der Waals surface area contributed by atoms with Crippen molar-refractivity contribution in [1.82, 2.24) is 9.97 Å². The summed E-state index contributed by atoms with van der Waals surface area (Å²) < 4.78 is 0. The maximum Gasteiger partial charge on any atom is 0.220 e. The van der Waals surface area contributed by atoms with E-state index in [1.807, 2.05) is 18.2 Å². The molecule has 1 heterocycles. The van der Waals surface area contributed by atoms with E-state index >= 15 is 0 Å². The van der Waals surface area contributed by atoms with E-state index in [9.17, 15) is 0 Å². The van der Waals surface area contributed by atoms with Crippen molar-refractivity contribution in [2.45, 2.75) is 24.7 Å². The molecule has 3 rings (SSSR count). The van der Waals surface area contributed by atoms with E-state index < -0.39 is 0 Å². The van der Waals surface area contributed by atoms with Crippen LogP contribution in [0, 0.1) is 0 Å². The molecule has 0 saturated carbocycles. The molecule has 0 bridgehead atoms. The van der Waals surface area contributed by atoms with Gasteiger partial charge in [-0.25, -0.2) is 9.97 Å². The van der Waals surface area contributed by atoms with Gasteiger partial charge in [0, 0.05) is 17.7 Å². The lowest BCUT2D eigenvalue weighted by Gasteiger charge is -2.28. The van der Waals surface area contributed by atoms with Crippen LogP contribution < -0.4 is 5.73 Å². The van der Waals surface area contributed by atoms with Gasteiger partial charge in [-0.3, -0.25) is 0 Å². The molecule has 5 nitrogen and oxygen atoms in total. The molecule has 0 amide bonds. The highest BCUT2D eigenvalue weighted by molar-refractivity contribution is 5.68. The third-order valence-electron chi connectivity index (χ3n) is 3.81. The molecule has 5 heteroatoms.